The summed E-state index contributed by atoms with van der Waals surface area (Å²) in [5.74, 6) is -0.580. The second-order valence-corrected chi connectivity index (χ2v) is 10.7. The molecule has 0 saturated carbocycles. The molecule has 5 nitrogen and oxygen atoms in total. The number of fused-ring (bicyclic) bond motifs is 1. The maximum Gasteiger partial charge on any atom is 0.184 e. The first kappa shape index (κ1) is 21.2. The van der Waals surface area contributed by atoms with Crippen molar-refractivity contribution in [3.05, 3.63) is 83.6 Å². The maximum atomic E-state index is 13.6. The molecule has 0 N–H and O–H groups in total. The molecule has 0 spiro atoms. The molecule has 0 aliphatic carbocycles. The quantitative estimate of drug-likeness (QED) is 0.443. The zero-order valence-corrected chi connectivity index (χ0v) is 18.7. The van der Waals surface area contributed by atoms with Gasteiger partial charge in [-0.15, -0.1) is 0 Å². The fraction of sp³-hybridized carbons (Fsp3) is 0.250. The smallest absolute Gasteiger partial charge is 0.184 e. The summed E-state index contributed by atoms with van der Waals surface area (Å²) in [6, 6.07) is 14.9. The van der Waals surface area contributed by atoms with Crippen molar-refractivity contribution in [1.82, 2.24) is 14.8 Å². The van der Waals surface area contributed by atoms with Gasteiger partial charge >= 0.3 is 0 Å². The van der Waals surface area contributed by atoms with E-state index in [1.165, 1.54) is 12.1 Å². The lowest BCUT2D eigenvalue weighted by atomic mass is 9.87. The molecule has 7 heteroatoms. The molecule has 0 radical (unpaired) electrons. The second-order valence-electron chi connectivity index (χ2n) is 8.71. The summed E-state index contributed by atoms with van der Waals surface area (Å²) in [6.45, 7) is 8.07. The third-order valence-corrected chi connectivity index (χ3v) is 6.90. The topological polar surface area (TPSA) is 64.8 Å². The maximum absolute atomic E-state index is 13.6. The summed E-state index contributed by atoms with van der Waals surface area (Å²) < 4.78 is 41.6. The van der Waals surface area contributed by atoms with Crippen LogP contribution < -0.4 is 0 Å². The van der Waals surface area contributed by atoms with Gasteiger partial charge in [0.1, 0.15) is 5.82 Å². The van der Waals surface area contributed by atoms with Gasteiger partial charge in [0.15, 0.2) is 9.84 Å². The van der Waals surface area contributed by atoms with Gasteiger partial charge in [-0.2, -0.15) is 5.10 Å². The van der Waals surface area contributed by atoms with Crippen molar-refractivity contribution in [1.29, 1.82) is 0 Å². The van der Waals surface area contributed by atoms with Crippen LogP contribution in [0.15, 0.2) is 65.7 Å². The Labute approximate surface area is 181 Å². The van der Waals surface area contributed by atoms with E-state index < -0.39 is 9.84 Å². The van der Waals surface area contributed by atoms with E-state index in [-0.39, 0.29) is 21.9 Å². The highest BCUT2D eigenvalue weighted by atomic mass is 32.2. The number of sulfone groups is 1. The molecule has 31 heavy (non-hydrogen) atoms. The molecule has 4 rings (SSSR count). The Morgan fingerprint density at radius 3 is 2.39 bits per heavy atom. The van der Waals surface area contributed by atoms with Gasteiger partial charge in [0, 0.05) is 17.6 Å². The molecule has 0 unspecified atom stereocenters. The molecular weight excluding hydrogens is 413 g/mol. The van der Waals surface area contributed by atoms with Gasteiger partial charge in [0.05, 0.1) is 33.2 Å². The predicted octanol–water partition coefficient (Wildman–Crippen LogP) is 5.14. The standard InChI is InChI=1S/C24H24FN3O2S/c1-16-13-19(15-31(29,30)20-8-5-17(6-9-20)24(2,3)4)28(27-16)23-11-12-26-22-14-18(25)7-10-21(22)23/h5-14H,15H2,1-4H3. The Hall–Kier alpha value is -3.06. The van der Waals surface area contributed by atoms with Crippen LogP contribution in [0.25, 0.3) is 16.6 Å². The van der Waals surface area contributed by atoms with Crippen molar-refractivity contribution in [3.8, 4) is 5.69 Å². The Bertz CT molecular complexity index is 1370. The van der Waals surface area contributed by atoms with Crippen LogP contribution in [0.3, 0.4) is 0 Å². The Morgan fingerprint density at radius 1 is 1.00 bits per heavy atom. The van der Waals surface area contributed by atoms with Crippen LogP contribution in [0.4, 0.5) is 4.39 Å². The molecule has 0 saturated heterocycles. The van der Waals surface area contributed by atoms with Gasteiger partial charge in [0.25, 0.3) is 0 Å². The second kappa shape index (κ2) is 7.57. The average Bonchev–Trinajstić information content (AvgIpc) is 3.06. The molecule has 2 aromatic carbocycles. The molecule has 2 aromatic heterocycles. The lowest BCUT2D eigenvalue weighted by molar-refractivity contribution is 0.585. The Balaban J connectivity index is 1.75. The summed E-state index contributed by atoms with van der Waals surface area (Å²) in [6.07, 6.45) is 1.57. The van der Waals surface area contributed by atoms with Crippen LogP contribution in [0, 0.1) is 12.7 Å². The number of rotatable bonds is 4. The van der Waals surface area contributed by atoms with E-state index in [9.17, 15) is 12.8 Å². The summed E-state index contributed by atoms with van der Waals surface area (Å²) in [4.78, 5) is 4.49. The normalized spacial score (nSPS) is 12.4. The van der Waals surface area contributed by atoms with E-state index >= 15 is 0 Å². The van der Waals surface area contributed by atoms with Crippen molar-refractivity contribution in [2.24, 2.45) is 0 Å². The molecule has 160 valence electrons. The van der Waals surface area contributed by atoms with Crippen LogP contribution in [0.5, 0.6) is 0 Å². The molecule has 4 aromatic rings. The number of hydrogen-bond acceptors (Lipinski definition) is 4. The molecular formula is C24H24FN3O2S. The summed E-state index contributed by atoms with van der Waals surface area (Å²) in [7, 11) is -3.59. The van der Waals surface area contributed by atoms with Gasteiger partial charge in [-0.05, 0) is 54.3 Å². The van der Waals surface area contributed by atoms with Gasteiger partial charge in [-0.1, -0.05) is 32.9 Å². The lowest BCUT2D eigenvalue weighted by Gasteiger charge is -2.19. The number of aromatic nitrogens is 3. The third-order valence-electron chi connectivity index (χ3n) is 5.23. The van der Waals surface area contributed by atoms with E-state index in [1.54, 1.807) is 41.2 Å². The number of aryl methyl sites for hydroxylation is 1. The highest BCUT2D eigenvalue weighted by Crippen LogP contribution is 2.27. The molecule has 0 bridgehead atoms. The van der Waals surface area contributed by atoms with E-state index in [0.29, 0.717) is 28.0 Å². The first-order chi connectivity index (χ1) is 14.5. The molecule has 2 heterocycles. The van der Waals surface area contributed by atoms with Crippen molar-refractivity contribution < 1.29 is 12.8 Å². The van der Waals surface area contributed by atoms with Crippen LogP contribution in [-0.4, -0.2) is 23.2 Å². The average molecular weight is 438 g/mol. The number of halogens is 1. The summed E-state index contributed by atoms with van der Waals surface area (Å²) in [5, 5.41) is 5.20. The monoisotopic (exact) mass is 437 g/mol. The summed E-state index contributed by atoms with van der Waals surface area (Å²) >= 11 is 0. The minimum Gasteiger partial charge on any atom is -0.256 e. The van der Waals surface area contributed by atoms with Crippen LogP contribution >= 0.6 is 0 Å². The molecule has 0 amide bonds. The van der Waals surface area contributed by atoms with Gasteiger partial charge in [-0.25, -0.2) is 17.5 Å². The molecule has 0 fully saturated rings. The Morgan fingerprint density at radius 2 is 1.71 bits per heavy atom. The number of pyridine rings is 1. The first-order valence-electron chi connectivity index (χ1n) is 9.98. The van der Waals surface area contributed by atoms with Crippen LogP contribution in [-0.2, 0) is 21.0 Å². The molecule has 0 aliphatic rings. The van der Waals surface area contributed by atoms with Crippen LogP contribution in [0.1, 0.15) is 37.7 Å². The highest BCUT2D eigenvalue weighted by Gasteiger charge is 2.22. The SMILES string of the molecule is Cc1cc(CS(=O)(=O)c2ccc(C(C)(C)C)cc2)n(-c2ccnc3cc(F)ccc23)n1. The molecule has 0 aliphatic heterocycles. The van der Waals surface area contributed by atoms with Crippen molar-refractivity contribution >= 4 is 20.7 Å². The number of nitrogens with zero attached hydrogens (tertiary/aromatic N) is 3. The lowest BCUT2D eigenvalue weighted by Crippen LogP contribution is -2.13. The van der Waals surface area contributed by atoms with E-state index in [4.69, 9.17) is 0 Å². The Kier molecular flexibility index (Phi) is 5.17. The van der Waals surface area contributed by atoms with Crippen molar-refractivity contribution in [2.45, 2.75) is 43.8 Å². The first-order valence-corrected chi connectivity index (χ1v) is 11.6. The fourth-order valence-corrected chi connectivity index (χ4v) is 4.91. The fourth-order valence-electron chi connectivity index (χ4n) is 3.60. The largest absolute Gasteiger partial charge is 0.256 e. The van der Waals surface area contributed by atoms with Crippen LogP contribution in [0.2, 0.25) is 0 Å². The number of benzene rings is 2. The minimum absolute atomic E-state index is 0.0557. The van der Waals surface area contributed by atoms with Gasteiger partial charge in [0.2, 0.25) is 0 Å². The van der Waals surface area contributed by atoms with Crippen molar-refractivity contribution in [3.63, 3.8) is 0 Å². The predicted molar refractivity (Wildman–Crippen MR) is 120 cm³/mol. The molecule has 0 atom stereocenters. The van der Waals surface area contributed by atoms with E-state index in [1.807, 2.05) is 19.1 Å². The van der Waals surface area contributed by atoms with Gasteiger partial charge < -0.3 is 0 Å². The zero-order valence-electron chi connectivity index (χ0n) is 17.9. The van der Waals surface area contributed by atoms with Gasteiger partial charge in [-0.3, -0.25) is 4.98 Å². The summed E-state index contributed by atoms with van der Waals surface area (Å²) in [5.41, 5.74) is 3.39. The highest BCUT2D eigenvalue weighted by molar-refractivity contribution is 7.90. The van der Waals surface area contributed by atoms with Crippen molar-refractivity contribution in [2.75, 3.05) is 0 Å². The van der Waals surface area contributed by atoms with E-state index in [2.05, 4.69) is 30.9 Å². The zero-order chi connectivity index (χ0) is 22.4. The van der Waals surface area contributed by atoms with E-state index in [0.717, 1.165) is 5.56 Å². The third kappa shape index (κ3) is 4.23. The minimum atomic E-state index is -3.59. The number of hydrogen-bond donors (Lipinski definition) is 0.